The van der Waals surface area contributed by atoms with Crippen molar-refractivity contribution in [1.82, 2.24) is 9.55 Å². The third-order valence-corrected chi connectivity index (χ3v) is 3.39. The number of rotatable bonds is 1. The molecule has 0 amide bonds. The lowest BCUT2D eigenvalue weighted by atomic mass is 10.1. The molecule has 3 rings (SSSR count). The average molecular weight is 228 g/mol. The predicted octanol–water partition coefficient (Wildman–Crippen LogP) is 1.79. The second-order valence-electron chi connectivity index (χ2n) is 4.47. The average Bonchev–Trinajstić information content (AvgIpc) is 2.79. The maximum atomic E-state index is 6.14. The second-order valence-corrected chi connectivity index (χ2v) is 4.47. The molecule has 1 aromatic heterocycles. The van der Waals surface area contributed by atoms with E-state index >= 15 is 0 Å². The molecule has 0 aliphatic carbocycles. The molecular formula is C13H16N4. The Balaban J connectivity index is 1.94. The Kier molecular flexibility index (Phi) is 2.28. The van der Waals surface area contributed by atoms with E-state index in [2.05, 4.69) is 26.6 Å². The number of benzene rings is 1. The Morgan fingerprint density at radius 3 is 3.06 bits per heavy atom. The molecule has 1 aromatic carbocycles. The van der Waals surface area contributed by atoms with Crippen LogP contribution >= 0.6 is 0 Å². The van der Waals surface area contributed by atoms with Gasteiger partial charge in [0.1, 0.15) is 5.82 Å². The van der Waals surface area contributed by atoms with E-state index in [9.17, 15) is 0 Å². The van der Waals surface area contributed by atoms with Crippen LogP contribution in [0, 0.1) is 6.92 Å². The van der Waals surface area contributed by atoms with E-state index in [4.69, 9.17) is 5.73 Å². The van der Waals surface area contributed by atoms with E-state index in [0.717, 1.165) is 42.4 Å². The number of imidazole rings is 1. The van der Waals surface area contributed by atoms with E-state index in [1.807, 2.05) is 25.4 Å². The lowest BCUT2D eigenvalue weighted by Crippen LogP contribution is -2.34. The zero-order chi connectivity index (χ0) is 11.8. The first-order chi connectivity index (χ1) is 8.25. The Bertz CT molecular complexity index is 544. The van der Waals surface area contributed by atoms with Crippen LogP contribution in [0.3, 0.4) is 0 Å². The van der Waals surface area contributed by atoms with E-state index in [1.165, 1.54) is 0 Å². The molecule has 1 aliphatic heterocycles. The molecule has 0 fully saturated rings. The van der Waals surface area contributed by atoms with Crippen LogP contribution in [0.4, 0.5) is 11.4 Å². The van der Waals surface area contributed by atoms with Gasteiger partial charge < -0.3 is 15.2 Å². The minimum atomic E-state index is 0.834. The van der Waals surface area contributed by atoms with Gasteiger partial charge in [-0.15, -0.1) is 0 Å². The molecule has 4 nitrogen and oxygen atoms in total. The minimum absolute atomic E-state index is 0.834. The maximum absolute atomic E-state index is 6.14. The summed E-state index contributed by atoms with van der Waals surface area (Å²) in [5, 5.41) is 0. The summed E-state index contributed by atoms with van der Waals surface area (Å²) in [4.78, 5) is 6.66. The second kappa shape index (κ2) is 3.80. The van der Waals surface area contributed by atoms with Crippen molar-refractivity contribution < 1.29 is 0 Å². The number of aromatic nitrogens is 2. The normalized spacial score (nSPS) is 14.8. The van der Waals surface area contributed by atoms with Gasteiger partial charge in [-0.25, -0.2) is 4.98 Å². The highest BCUT2D eigenvalue weighted by Gasteiger charge is 2.18. The van der Waals surface area contributed by atoms with Gasteiger partial charge in [0.15, 0.2) is 0 Å². The van der Waals surface area contributed by atoms with Crippen LogP contribution in [-0.2, 0) is 13.1 Å². The van der Waals surface area contributed by atoms with Crippen molar-refractivity contribution >= 4 is 11.4 Å². The molecule has 2 N–H and O–H groups in total. The third-order valence-electron chi connectivity index (χ3n) is 3.39. The van der Waals surface area contributed by atoms with Crippen molar-refractivity contribution in [3.63, 3.8) is 0 Å². The van der Waals surface area contributed by atoms with Gasteiger partial charge in [0, 0.05) is 25.5 Å². The molecule has 17 heavy (non-hydrogen) atoms. The van der Waals surface area contributed by atoms with E-state index < -0.39 is 0 Å². The fourth-order valence-electron chi connectivity index (χ4n) is 2.32. The molecule has 0 saturated heterocycles. The molecule has 88 valence electrons. The van der Waals surface area contributed by atoms with Crippen molar-refractivity contribution in [2.45, 2.75) is 20.0 Å². The summed E-state index contributed by atoms with van der Waals surface area (Å²) in [6.45, 7) is 4.84. The number of hydrogen-bond acceptors (Lipinski definition) is 3. The largest absolute Gasteiger partial charge is 0.397 e. The van der Waals surface area contributed by atoms with Gasteiger partial charge >= 0.3 is 0 Å². The summed E-state index contributed by atoms with van der Waals surface area (Å²) >= 11 is 0. The summed E-state index contributed by atoms with van der Waals surface area (Å²) in [7, 11) is 0. The highest BCUT2D eigenvalue weighted by atomic mass is 15.2. The van der Waals surface area contributed by atoms with E-state index in [0.29, 0.717) is 0 Å². The number of hydrogen-bond donors (Lipinski definition) is 1. The standard InChI is InChI=1S/C13H16N4/c1-10-3-2-4-11(13(10)14)17-8-7-16-6-5-15-12(16)9-17/h2-6H,7-9,14H2,1H3. The Hall–Kier alpha value is -1.97. The van der Waals surface area contributed by atoms with Crippen LogP contribution in [0.1, 0.15) is 11.4 Å². The fourth-order valence-corrected chi connectivity index (χ4v) is 2.32. The number of para-hydroxylation sites is 1. The van der Waals surface area contributed by atoms with Crippen LogP contribution in [0.25, 0.3) is 0 Å². The van der Waals surface area contributed by atoms with Gasteiger partial charge in [0.05, 0.1) is 17.9 Å². The molecule has 0 unspecified atom stereocenters. The predicted molar refractivity (Wildman–Crippen MR) is 68.9 cm³/mol. The minimum Gasteiger partial charge on any atom is -0.397 e. The van der Waals surface area contributed by atoms with Gasteiger partial charge in [0.25, 0.3) is 0 Å². The van der Waals surface area contributed by atoms with Crippen LogP contribution in [0.2, 0.25) is 0 Å². The summed E-state index contributed by atoms with van der Waals surface area (Å²) in [5.41, 5.74) is 9.28. The van der Waals surface area contributed by atoms with Gasteiger partial charge in [-0.2, -0.15) is 0 Å². The van der Waals surface area contributed by atoms with Gasteiger partial charge in [-0.05, 0) is 18.6 Å². The lowest BCUT2D eigenvalue weighted by molar-refractivity contribution is 0.560. The number of nitrogens with two attached hydrogens (primary N) is 1. The monoisotopic (exact) mass is 228 g/mol. The molecule has 0 bridgehead atoms. The zero-order valence-electron chi connectivity index (χ0n) is 9.93. The van der Waals surface area contributed by atoms with Crippen LogP contribution in [-0.4, -0.2) is 16.1 Å². The molecular weight excluding hydrogens is 212 g/mol. The van der Waals surface area contributed by atoms with Gasteiger partial charge in [0.2, 0.25) is 0 Å². The smallest absolute Gasteiger partial charge is 0.128 e. The molecule has 0 spiro atoms. The first-order valence-corrected chi connectivity index (χ1v) is 5.86. The highest BCUT2D eigenvalue weighted by molar-refractivity contribution is 5.71. The SMILES string of the molecule is Cc1cccc(N2CCn3ccnc3C2)c1N. The van der Waals surface area contributed by atoms with Crippen molar-refractivity contribution in [2.75, 3.05) is 17.2 Å². The molecule has 0 saturated carbocycles. The molecule has 2 heterocycles. The molecule has 0 radical (unpaired) electrons. The fraction of sp³-hybridized carbons (Fsp3) is 0.308. The summed E-state index contributed by atoms with van der Waals surface area (Å²) in [5.74, 6) is 1.11. The summed E-state index contributed by atoms with van der Waals surface area (Å²) < 4.78 is 2.20. The first kappa shape index (κ1) is 10.2. The Morgan fingerprint density at radius 2 is 2.18 bits per heavy atom. The van der Waals surface area contributed by atoms with Crippen LogP contribution in [0.15, 0.2) is 30.6 Å². The van der Waals surface area contributed by atoms with Crippen molar-refractivity contribution in [3.8, 4) is 0 Å². The summed E-state index contributed by atoms with van der Waals surface area (Å²) in [6, 6.07) is 6.19. The lowest BCUT2D eigenvalue weighted by Gasteiger charge is -2.30. The van der Waals surface area contributed by atoms with Crippen molar-refractivity contribution in [1.29, 1.82) is 0 Å². The van der Waals surface area contributed by atoms with Crippen LogP contribution in [0.5, 0.6) is 0 Å². The maximum Gasteiger partial charge on any atom is 0.128 e. The quantitative estimate of drug-likeness (QED) is 0.757. The molecule has 0 atom stereocenters. The van der Waals surface area contributed by atoms with Gasteiger partial charge in [-0.3, -0.25) is 0 Å². The summed E-state index contributed by atoms with van der Waals surface area (Å²) in [6.07, 6.45) is 3.89. The highest BCUT2D eigenvalue weighted by Crippen LogP contribution is 2.28. The third kappa shape index (κ3) is 1.65. The Morgan fingerprint density at radius 1 is 1.29 bits per heavy atom. The van der Waals surface area contributed by atoms with E-state index in [-0.39, 0.29) is 0 Å². The molecule has 1 aliphatic rings. The van der Waals surface area contributed by atoms with Crippen LogP contribution < -0.4 is 10.6 Å². The number of aryl methyl sites for hydroxylation is 1. The zero-order valence-corrected chi connectivity index (χ0v) is 9.93. The topological polar surface area (TPSA) is 47.1 Å². The van der Waals surface area contributed by atoms with E-state index in [1.54, 1.807) is 0 Å². The number of anilines is 2. The molecule has 2 aromatic rings. The number of fused-ring (bicyclic) bond motifs is 1. The van der Waals surface area contributed by atoms with Crippen molar-refractivity contribution in [3.05, 3.63) is 42.0 Å². The number of nitrogen functional groups attached to an aromatic ring is 1. The van der Waals surface area contributed by atoms with Gasteiger partial charge in [-0.1, -0.05) is 12.1 Å². The Labute approximate surface area is 101 Å². The van der Waals surface area contributed by atoms with Crippen molar-refractivity contribution in [2.24, 2.45) is 0 Å². The first-order valence-electron chi connectivity index (χ1n) is 5.86. The molecule has 4 heteroatoms. The number of nitrogens with zero attached hydrogens (tertiary/aromatic N) is 3.